The summed E-state index contributed by atoms with van der Waals surface area (Å²) in [5, 5.41) is 0.735. The molecule has 2 nitrogen and oxygen atoms in total. The third kappa shape index (κ3) is 3.21. The van der Waals surface area contributed by atoms with E-state index in [0.29, 0.717) is 0 Å². The Bertz CT molecular complexity index is 563. The monoisotopic (exact) mass is 340 g/mol. The Balaban J connectivity index is 2.52. The van der Waals surface area contributed by atoms with Crippen molar-refractivity contribution in [3.8, 4) is 0 Å². The number of hydrogen-bond acceptors (Lipinski definition) is 3. The minimum absolute atomic E-state index is 0.0491. The van der Waals surface area contributed by atoms with Gasteiger partial charge in [0.15, 0.2) is 0 Å². The minimum Gasteiger partial charge on any atom is -0.399 e. The highest BCUT2D eigenvalue weighted by Gasteiger charge is 2.52. The predicted molar refractivity (Wildman–Crippen MR) is 97.6 cm³/mol. The van der Waals surface area contributed by atoms with E-state index in [0.717, 1.165) is 15.4 Å². The molecule has 1 aliphatic rings. The molecule has 1 heterocycles. The Hall–Kier alpha value is -0.155. The highest BCUT2D eigenvalue weighted by atomic mass is 35.5. The van der Waals surface area contributed by atoms with Gasteiger partial charge >= 0.3 is 7.12 Å². The van der Waals surface area contributed by atoms with Crippen LogP contribution < -0.4 is 5.46 Å². The maximum Gasteiger partial charge on any atom is 0.496 e. The molecule has 1 aliphatic heterocycles. The number of thioether (sulfide) groups is 1. The summed E-state index contributed by atoms with van der Waals surface area (Å²) in [5.41, 5.74) is 1.49. The molecule has 1 fully saturated rings. The van der Waals surface area contributed by atoms with E-state index in [9.17, 15) is 0 Å². The summed E-state index contributed by atoms with van der Waals surface area (Å²) >= 11 is 8.27. The quantitative estimate of drug-likeness (QED) is 0.576. The van der Waals surface area contributed by atoms with E-state index in [1.54, 1.807) is 11.8 Å². The van der Waals surface area contributed by atoms with Crippen molar-refractivity contribution in [2.24, 2.45) is 0 Å². The zero-order valence-corrected chi connectivity index (χ0v) is 16.4. The van der Waals surface area contributed by atoms with Crippen LogP contribution in [0.4, 0.5) is 0 Å². The Labute approximate surface area is 144 Å². The van der Waals surface area contributed by atoms with Crippen LogP contribution in [-0.2, 0) is 14.7 Å². The second-order valence-corrected chi connectivity index (χ2v) is 9.15. The van der Waals surface area contributed by atoms with Gasteiger partial charge in [0.25, 0.3) is 0 Å². The highest BCUT2D eigenvalue weighted by molar-refractivity contribution is 7.98. The van der Waals surface area contributed by atoms with Crippen molar-refractivity contribution in [3.05, 3.63) is 22.7 Å². The molecule has 0 spiro atoms. The van der Waals surface area contributed by atoms with Gasteiger partial charge in [0.1, 0.15) is 0 Å². The largest absolute Gasteiger partial charge is 0.496 e. The molecule has 0 aliphatic carbocycles. The molecular formula is C17H26BClO2S. The molecule has 0 radical (unpaired) electrons. The third-order valence-corrected chi connectivity index (χ3v) is 5.96. The molecule has 0 bridgehead atoms. The Morgan fingerprint density at radius 3 is 1.95 bits per heavy atom. The average molecular weight is 341 g/mol. The van der Waals surface area contributed by atoms with Gasteiger partial charge in [-0.15, -0.1) is 11.8 Å². The average Bonchev–Trinajstić information content (AvgIpc) is 2.57. The van der Waals surface area contributed by atoms with Gasteiger partial charge in [-0.1, -0.05) is 38.4 Å². The first kappa shape index (κ1) is 18.2. The molecule has 0 N–H and O–H groups in total. The first-order chi connectivity index (χ1) is 9.89. The summed E-state index contributed by atoms with van der Waals surface area (Å²) in [5.74, 6) is 0. The van der Waals surface area contributed by atoms with Crippen molar-refractivity contribution >= 4 is 35.9 Å². The van der Waals surface area contributed by atoms with E-state index in [2.05, 4.69) is 60.6 Å². The van der Waals surface area contributed by atoms with Crippen LogP contribution in [-0.4, -0.2) is 24.6 Å². The first-order valence-corrected chi connectivity index (χ1v) is 9.23. The summed E-state index contributed by atoms with van der Waals surface area (Å²) in [6.45, 7) is 14.8. The van der Waals surface area contributed by atoms with Crippen molar-refractivity contribution < 1.29 is 9.31 Å². The predicted octanol–water partition coefficient (Wildman–Crippen LogP) is 4.66. The number of halogens is 1. The SMILES string of the molecule is CSc1cc(C(C)(C)C)cc(B2OC(C)(C)C(C)(C)O2)c1Cl. The summed E-state index contributed by atoms with van der Waals surface area (Å²) < 4.78 is 12.4. The molecule has 0 atom stereocenters. The van der Waals surface area contributed by atoms with E-state index >= 15 is 0 Å². The van der Waals surface area contributed by atoms with Crippen molar-refractivity contribution in [3.63, 3.8) is 0 Å². The Kier molecular flexibility index (Phi) is 4.74. The maximum absolute atomic E-state index is 6.62. The van der Waals surface area contributed by atoms with Crippen LogP contribution in [0.15, 0.2) is 17.0 Å². The molecule has 22 heavy (non-hydrogen) atoms. The zero-order chi connectivity index (χ0) is 16.9. The zero-order valence-electron chi connectivity index (χ0n) is 14.8. The van der Waals surface area contributed by atoms with Gasteiger partial charge in [-0.2, -0.15) is 0 Å². The molecule has 1 aromatic rings. The molecule has 0 saturated carbocycles. The Morgan fingerprint density at radius 1 is 1.05 bits per heavy atom. The lowest BCUT2D eigenvalue weighted by atomic mass is 9.75. The minimum atomic E-state index is -0.425. The van der Waals surface area contributed by atoms with Gasteiger partial charge in [0, 0.05) is 10.4 Å². The van der Waals surface area contributed by atoms with E-state index < -0.39 is 7.12 Å². The number of rotatable bonds is 2. The fourth-order valence-electron chi connectivity index (χ4n) is 2.34. The molecule has 2 rings (SSSR count). The van der Waals surface area contributed by atoms with Crippen molar-refractivity contribution in [2.75, 3.05) is 6.26 Å². The molecule has 0 amide bonds. The van der Waals surface area contributed by atoms with Crippen LogP contribution in [0.5, 0.6) is 0 Å². The summed E-state index contributed by atoms with van der Waals surface area (Å²) in [6, 6.07) is 4.30. The van der Waals surface area contributed by atoms with Gasteiger partial charge in [0.05, 0.1) is 16.2 Å². The lowest BCUT2D eigenvalue weighted by Gasteiger charge is -2.32. The lowest BCUT2D eigenvalue weighted by Crippen LogP contribution is -2.41. The van der Waals surface area contributed by atoms with Crippen LogP contribution in [0.25, 0.3) is 0 Å². The highest BCUT2D eigenvalue weighted by Crippen LogP contribution is 2.38. The summed E-state index contributed by atoms with van der Waals surface area (Å²) in [7, 11) is -0.425. The second-order valence-electron chi connectivity index (χ2n) is 7.92. The molecule has 1 saturated heterocycles. The third-order valence-electron chi connectivity index (χ3n) is 4.66. The molecule has 122 valence electrons. The smallest absolute Gasteiger partial charge is 0.399 e. The normalized spacial score (nSPS) is 20.5. The first-order valence-electron chi connectivity index (χ1n) is 7.62. The second kappa shape index (κ2) is 5.73. The fraction of sp³-hybridized carbons (Fsp3) is 0.647. The van der Waals surface area contributed by atoms with Gasteiger partial charge in [-0.3, -0.25) is 0 Å². The summed E-state index contributed by atoms with van der Waals surface area (Å²) in [6.07, 6.45) is 2.04. The number of hydrogen-bond donors (Lipinski definition) is 0. The van der Waals surface area contributed by atoms with E-state index in [1.165, 1.54) is 5.56 Å². The molecule has 5 heteroatoms. The van der Waals surface area contributed by atoms with Crippen LogP contribution in [0.3, 0.4) is 0 Å². The molecular weight excluding hydrogens is 315 g/mol. The van der Waals surface area contributed by atoms with E-state index in [4.69, 9.17) is 20.9 Å². The van der Waals surface area contributed by atoms with Crippen LogP contribution in [0.2, 0.25) is 5.02 Å². The molecule has 0 aromatic heterocycles. The van der Waals surface area contributed by atoms with Gasteiger partial charge in [-0.05, 0) is 51.0 Å². The molecule has 0 unspecified atom stereocenters. The van der Waals surface area contributed by atoms with Gasteiger partial charge in [0.2, 0.25) is 0 Å². The van der Waals surface area contributed by atoms with Crippen LogP contribution in [0, 0.1) is 0 Å². The topological polar surface area (TPSA) is 18.5 Å². The van der Waals surface area contributed by atoms with Crippen molar-refractivity contribution in [2.45, 2.75) is 70.0 Å². The van der Waals surface area contributed by atoms with Crippen LogP contribution >= 0.6 is 23.4 Å². The fourth-order valence-corrected chi connectivity index (χ4v) is 3.31. The van der Waals surface area contributed by atoms with Gasteiger partial charge < -0.3 is 9.31 Å². The maximum atomic E-state index is 6.62. The standard InChI is InChI=1S/C17H26BClO2S/c1-15(2,3)11-9-12(14(19)13(10-11)22-8)18-20-16(4,5)17(6,7)21-18/h9-10H,1-8H3. The van der Waals surface area contributed by atoms with Gasteiger partial charge in [-0.25, -0.2) is 0 Å². The molecule has 1 aromatic carbocycles. The number of benzene rings is 1. The van der Waals surface area contributed by atoms with E-state index in [-0.39, 0.29) is 16.6 Å². The van der Waals surface area contributed by atoms with Crippen LogP contribution in [0.1, 0.15) is 54.0 Å². The summed E-state index contributed by atoms with van der Waals surface area (Å²) in [4.78, 5) is 1.07. The Morgan fingerprint density at radius 2 is 1.55 bits per heavy atom. The van der Waals surface area contributed by atoms with Crippen molar-refractivity contribution in [1.82, 2.24) is 0 Å². The van der Waals surface area contributed by atoms with E-state index in [1.807, 2.05) is 6.26 Å². The lowest BCUT2D eigenvalue weighted by molar-refractivity contribution is 0.00578. The van der Waals surface area contributed by atoms with Crippen molar-refractivity contribution in [1.29, 1.82) is 0 Å².